The Morgan fingerprint density at radius 2 is 1.95 bits per heavy atom. The lowest BCUT2D eigenvalue weighted by Gasteiger charge is -2.19. The van der Waals surface area contributed by atoms with Gasteiger partial charge in [0.15, 0.2) is 0 Å². The monoisotopic (exact) mass is 279 g/mol. The highest BCUT2D eigenvalue weighted by atomic mass is 19.4. The van der Waals surface area contributed by atoms with E-state index in [4.69, 9.17) is 4.74 Å². The molecule has 1 unspecified atom stereocenters. The summed E-state index contributed by atoms with van der Waals surface area (Å²) in [5.41, 5.74) is 0.399. The van der Waals surface area contributed by atoms with E-state index in [0.717, 1.165) is 0 Å². The van der Waals surface area contributed by atoms with Crippen LogP contribution in [-0.4, -0.2) is 25.9 Å². The lowest BCUT2D eigenvalue weighted by Crippen LogP contribution is -2.27. The van der Waals surface area contributed by atoms with Crippen molar-refractivity contribution in [2.24, 2.45) is 0 Å². The molecule has 1 aromatic rings. The van der Waals surface area contributed by atoms with Crippen LogP contribution >= 0.6 is 0 Å². The van der Waals surface area contributed by atoms with Crippen molar-refractivity contribution >= 4 is 0 Å². The van der Waals surface area contributed by atoms with Crippen LogP contribution < -0.4 is 5.32 Å². The van der Waals surface area contributed by atoms with Crippen molar-refractivity contribution in [1.82, 2.24) is 5.32 Å². The van der Waals surface area contributed by atoms with E-state index in [-0.39, 0.29) is 6.61 Å². The third kappa shape index (κ3) is 6.02. The van der Waals surface area contributed by atoms with Gasteiger partial charge in [0.2, 0.25) is 0 Å². The van der Waals surface area contributed by atoms with Crippen LogP contribution in [0.4, 0.5) is 17.6 Å². The summed E-state index contributed by atoms with van der Waals surface area (Å²) < 4.78 is 54.4. The quantitative estimate of drug-likeness (QED) is 0.610. The van der Waals surface area contributed by atoms with Crippen LogP contribution in [0.5, 0.6) is 0 Å². The summed E-state index contributed by atoms with van der Waals surface area (Å²) in [7, 11) is 0. The average molecular weight is 279 g/mol. The van der Waals surface area contributed by atoms with E-state index >= 15 is 0 Å². The number of halogens is 4. The topological polar surface area (TPSA) is 21.3 Å². The van der Waals surface area contributed by atoms with Crippen LogP contribution in [0.1, 0.15) is 24.9 Å². The second-order valence-corrected chi connectivity index (χ2v) is 4.07. The zero-order chi connectivity index (χ0) is 14.3. The maximum atomic E-state index is 13.6. The summed E-state index contributed by atoms with van der Waals surface area (Å²) in [5.74, 6) is -0.395. The Balaban J connectivity index is 2.52. The summed E-state index contributed by atoms with van der Waals surface area (Å²) >= 11 is 0. The summed E-state index contributed by atoms with van der Waals surface area (Å²) in [6.07, 6.45) is -5.23. The molecule has 0 fully saturated rings. The van der Waals surface area contributed by atoms with Gasteiger partial charge in [-0.2, -0.15) is 13.2 Å². The number of ether oxygens (including phenoxy) is 1. The molecule has 0 saturated heterocycles. The van der Waals surface area contributed by atoms with Gasteiger partial charge in [0.1, 0.15) is 5.82 Å². The van der Waals surface area contributed by atoms with Gasteiger partial charge in [-0.15, -0.1) is 0 Å². The van der Waals surface area contributed by atoms with E-state index in [1.54, 1.807) is 18.2 Å². The molecular weight excluding hydrogens is 262 g/mol. The van der Waals surface area contributed by atoms with Gasteiger partial charge in [0, 0.05) is 5.56 Å². The molecule has 19 heavy (non-hydrogen) atoms. The van der Waals surface area contributed by atoms with Gasteiger partial charge >= 0.3 is 6.18 Å². The van der Waals surface area contributed by atoms with Gasteiger partial charge in [0.25, 0.3) is 0 Å². The minimum absolute atomic E-state index is 0.00481. The van der Waals surface area contributed by atoms with E-state index in [1.165, 1.54) is 6.07 Å². The fraction of sp³-hybridized carbons (Fsp3) is 0.538. The molecule has 1 aromatic carbocycles. The molecule has 6 heteroatoms. The highest BCUT2D eigenvalue weighted by Crippen LogP contribution is 2.20. The van der Waals surface area contributed by atoms with Crippen molar-refractivity contribution < 1.29 is 22.3 Å². The fourth-order valence-corrected chi connectivity index (χ4v) is 1.65. The van der Waals surface area contributed by atoms with Gasteiger partial charge < -0.3 is 10.1 Å². The van der Waals surface area contributed by atoms with Crippen LogP contribution in [-0.2, 0) is 4.74 Å². The van der Waals surface area contributed by atoms with Gasteiger partial charge in [-0.25, -0.2) is 4.39 Å². The maximum absolute atomic E-state index is 13.6. The summed E-state index contributed by atoms with van der Waals surface area (Å²) in [5, 5.41) is 2.99. The first-order valence-electron chi connectivity index (χ1n) is 6.06. The minimum Gasteiger partial charge on any atom is -0.379 e. The second kappa shape index (κ2) is 7.45. The van der Waals surface area contributed by atoms with Crippen LogP contribution in [0, 0.1) is 5.82 Å². The van der Waals surface area contributed by atoms with Gasteiger partial charge in [-0.05, 0) is 12.6 Å². The summed E-state index contributed by atoms with van der Waals surface area (Å²) in [6.45, 7) is 2.00. The lowest BCUT2D eigenvalue weighted by molar-refractivity contribution is -0.145. The molecule has 0 spiro atoms. The molecule has 1 rings (SSSR count). The Labute approximate surface area is 109 Å². The third-order valence-corrected chi connectivity index (χ3v) is 2.55. The van der Waals surface area contributed by atoms with Gasteiger partial charge in [-0.1, -0.05) is 25.1 Å². The Kier molecular flexibility index (Phi) is 6.24. The summed E-state index contributed by atoms with van der Waals surface area (Å²) in [6, 6.07) is 5.70. The third-order valence-electron chi connectivity index (χ3n) is 2.55. The predicted molar refractivity (Wildman–Crippen MR) is 64.3 cm³/mol. The maximum Gasteiger partial charge on any atom is 0.391 e. The van der Waals surface area contributed by atoms with Gasteiger partial charge in [0.05, 0.1) is 25.7 Å². The molecule has 108 valence electrons. The molecule has 0 aliphatic carbocycles. The van der Waals surface area contributed by atoms with E-state index in [9.17, 15) is 17.6 Å². The molecule has 1 atom stereocenters. The van der Waals surface area contributed by atoms with Crippen molar-refractivity contribution in [1.29, 1.82) is 0 Å². The van der Waals surface area contributed by atoms with E-state index < -0.39 is 31.1 Å². The Hall–Kier alpha value is -1.14. The Morgan fingerprint density at radius 1 is 1.26 bits per heavy atom. The second-order valence-electron chi connectivity index (χ2n) is 4.07. The van der Waals surface area contributed by atoms with Crippen molar-refractivity contribution in [2.45, 2.75) is 25.6 Å². The Bertz CT molecular complexity index is 381. The normalized spacial score (nSPS) is 13.5. The fourth-order valence-electron chi connectivity index (χ4n) is 1.65. The molecule has 2 nitrogen and oxygen atoms in total. The molecule has 0 aromatic heterocycles. The van der Waals surface area contributed by atoms with Crippen molar-refractivity contribution in [2.75, 3.05) is 19.8 Å². The molecule has 0 radical (unpaired) electrons. The standard InChI is InChI=1S/C13H17F4NO/c1-2-18-12(9-19-8-7-13(15,16)17)10-5-3-4-6-11(10)14/h3-6,12,18H,2,7-9H2,1H3. The molecule has 0 aliphatic rings. The highest BCUT2D eigenvalue weighted by Gasteiger charge is 2.26. The number of hydrogen-bond acceptors (Lipinski definition) is 2. The molecule has 0 heterocycles. The molecule has 0 aliphatic heterocycles. The number of likely N-dealkylation sites (N-methyl/N-ethyl adjacent to an activating group) is 1. The van der Waals surface area contributed by atoms with E-state index in [0.29, 0.717) is 12.1 Å². The predicted octanol–water partition coefficient (Wildman–Crippen LogP) is 3.45. The van der Waals surface area contributed by atoms with Crippen molar-refractivity contribution in [3.63, 3.8) is 0 Å². The molecule has 0 bridgehead atoms. The van der Waals surface area contributed by atoms with Crippen LogP contribution in [0.3, 0.4) is 0 Å². The van der Waals surface area contributed by atoms with Crippen LogP contribution in [0.25, 0.3) is 0 Å². The summed E-state index contributed by atoms with van der Waals surface area (Å²) in [4.78, 5) is 0. The number of nitrogens with one attached hydrogen (secondary N) is 1. The number of alkyl halides is 3. The molecule has 0 saturated carbocycles. The van der Waals surface area contributed by atoms with E-state index in [2.05, 4.69) is 5.32 Å². The number of hydrogen-bond donors (Lipinski definition) is 1. The SMILES string of the molecule is CCNC(COCCC(F)(F)F)c1ccccc1F. The number of rotatable bonds is 7. The van der Waals surface area contributed by atoms with Crippen LogP contribution in [0.2, 0.25) is 0 Å². The number of benzene rings is 1. The van der Waals surface area contributed by atoms with Gasteiger partial charge in [-0.3, -0.25) is 0 Å². The van der Waals surface area contributed by atoms with Crippen molar-refractivity contribution in [3.05, 3.63) is 35.6 Å². The average Bonchev–Trinajstić information content (AvgIpc) is 2.33. The minimum atomic E-state index is -4.23. The lowest BCUT2D eigenvalue weighted by atomic mass is 10.1. The highest BCUT2D eigenvalue weighted by molar-refractivity contribution is 5.21. The molecule has 1 N–H and O–H groups in total. The smallest absolute Gasteiger partial charge is 0.379 e. The molecule has 0 amide bonds. The largest absolute Gasteiger partial charge is 0.391 e. The van der Waals surface area contributed by atoms with Crippen molar-refractivity contribution in [3.8, 4) is 0 Å². The zero-order valence-electron chi connectivity index (χ0n) is 10.6. The molecular formula is C13H17F4NO. The van der Waals surface area contributed by atoms with Crippen LogP contribution in [0.15, 0.2) is 24.3 Å². The first kappa shape index (κ1) is 15.9. The zero-order valence-corrected chi connectivity index (χ0v) is 10.6. The first-order valence-corrected chi connectivity index (χ1v) is 6.06. The Morgan fingerprint density at radius 3 is 2.53 bits per heavy atom. The van der Waals surface area contributed by atoms with E-state index in [1.807, 2.05) is 6.92 Å². The first-order chi connectivity index (χ1) is 8.94.